The van der Waals surface area contributed by atoms with E-state index in [1.807, 2.05) is 6.08 Å². The zero-order valence-corrected chi connectivity index (χ0v) is 20.1. The fraction of sp³-hybridized carbons (Fsp3) is 0.179. The lowest BCUT2D eigenvalue weighted by Crippen LogP contribution is -1.97. The maximum Gasteiger partial charge on any atom is 0.203 e. The number of carbonyl (C=O) groups is 1. The summed E-state index contributed by atoms with van der Waals surface area (Å²) in [4.78, 5) is 12.4. The Bertz CT molecular complexity index is 1220. The number of hydrogen-bond donors (Lipinski definition) is 1. The number of carbonyl (C=O) groups excluding carboxylic acids is 1. The van der Waals surface area contributed by atoms with Crippen LogP contribution in [-0.2, 0) is 6.42 Å². The highest BCUT2D eigenvalue weighted by Gasteiger charge is 2.13. The van der Waals surface area contributed by atoms with Crippen LogP contribution < -0.4 is 24.7 Å². The second kappa shape index (κ2) is 11.7. The highest BCUT2D eigenvalue weighted by molar-refractivity contribution is 6.04. The van der Waals surface area contributed by atoms with Crippen molar-refractivity contribution < 1.29 is 28.1 Å². The monoisotopic (exact) mass is 477 g/mol. The molecule has 0 saturated carbocycles. The topological polar surface area (TPSA) is 80.0 Å². The van der Waals surface area contributed by atoms with E-state index in [0.717, 1.165) is 11.1 Å². The predicted molar refractivity (Wildman–Crippen MR) is 136 cm³/mol. The molecular weight excluding hydrogens is 449 g/mol. The third kappa shape index (κ3) is 6.20. The molecule has 35 heavy (non-hydrogen) atoms. The lowest BCUT2D eigenvalue weighted by molar-refractivity contribution is 0.104. The highest BCUT2D eigenvalue weighted by Crippen LogP contribution is 2.38. The number of hydrogen-bond acceptors (Lipinski definition) is 6. The van der Waals surface area contributed by atoms with Gasteiger partial charge in [0.25, 0.3) is 0 Å². The molecule has 3 rings (SSSR count). The number of nitrogens with two attached hydrogens (primary N) is 1. The minimum atomic E-state index is -0.484. The van der Waals surface area contributed by atoms with E-state index in [4.69, 9.17) is 24.7 Å². The van der Waals surface area contributed by atoms with Crippen LogP contribution in [0.2, 0.25) is 0 Å². The van der Waals surface area contributed by atoms with Crippen LogP contribution in [0.3, 0.4) is 0 Å². The molecule has 0 aliphatic heterocycles. The Morgan fingerprint density at radius 3 is 2.06 bits per heavy atom. The number of allylic oxidation sites excluding steroid dienone is 2. The second-order valence-electron chi connectivity index (χ2n) is 7.57. The summed E-state index contributed by atoms with van der Waals surface area (Å²) in [7, 11) is 6.03. The number of benzene rings is 3. The smallest absolute Gasteiger partial charge is 0.203 e. The number of rotatable bonds is 10. The number of methoxy groups -OCH3 is 4. The Labute approximate surface area is 204 Å². The summed E-state index contributed by atoms with van der Waals surface area (Å²) in [5.74, 6) is 1.01. The Kier molecular flexibility index (Phi) is 8.51. The standard InChI is InChI=1S/C28H28FNO5/c1-32-25-17-20(6-5-7-24(31)19-10-12-22(30)13-11-19)21(16-23(25)29)9-8-18-14-26(33-2)28(35-4)27(15-18)34-3/h5,7-17H,6,30H2,1-4H3/b7-5-,9-8-. The summed E-state index contributed by atoms with van der Waals surface area (Å²) in [6.07, 6.45) is 7.23. The van der Waals surface area contributed by atoms with Gasteiger partial charge in [0.15, 0.2) is 28.8 Å². The van der Waals surface area contributed by atoms with Gasteiger partial charge >= 0.3 is 0 Å². The van der Waals surface area contributed by atoms with Gasteiger partial charge in [0.1, 0.15) is 0 Å². The van der Waals surface area contributed by atoms with Crippen LogP contribution in [0.15, 0.2) is 60.7 Å². The van der Waals surface area contributed by atoms with E-state index < -0.39 is 5.82 Å². The molecule has 0 aliphatic carbocycles. The Morgan fingerprint density at radius 2 is 1.49 bits per heavy atom. The lowest BCUT2D eigenvalue weighted by atomic mass is 10.0. The molecule has 6 nitrogen and oxygen atoms in total. The van der Waals surface area contributed by atoms with Crippen molar-refractivity contribution in [2.45, 2.75) is 6.42 Å². The maximum atomic E-state index is 14.5. The van der Waals surface area contributed by atoms with Gasteiger partial charge < -0.3 is 24.7 Å². The predicted octanol–water partition coefficient (Wildman–Crippen LogP) is 5.59. The van der Waals surface area contributed by atoms with E-state index in [-0.39, 0.29) is 11.5 Å². The summed E-state index contributed by atoms with van der Waals surface area (Å²) in [6.45, 7) is 0. The van der Waals surface area contributed by atoms with Crippen molar-refractivity contribution in [1.29, 1.82) is 0 Å². The number of halogens is 1. The second-order valence-corrected chi connectivity index (χ2v) is 7.57. The van der Waals surface area contributed by atoms with Gasteiger partial charge in [0.2, 0.25) is 5.75 Å². The van der Waals surface area contributed by atoms with Gasteiger partial charge in [-0.3, -0.25) is 4.79 Å². The molecule has 0 radical (unpaired) electrons. The van der Waals surface area contributed by atoms with Crippen LogP contribution in [0.5, 0.6) is 23.0 Å². The average molecular weight is 478 g/mol. The summed E-state index contributed by atoms with van der Waals surface area (Å²) in [5.41, 5.74) is 9.00. The van der Waals surface area contributed by atoms with Crippen LogP contribution in [0, 0.1) is 5.82 Å². The van der Waals surface area contributed by atoms with E-state index in [9.17, 15) is 9.18 Å². The first-order valence-corrected chi connectivity index (χ1v) is 10.8. The van der Waals surface area contributed by atoms with Gasteiger partial charge in [0, 0.05) is 11.3 Å². The molecule has 7 heteroatoms. The Balaban J connectivity index is 1.90. The zero-order valence-electron chi connectivity index (χ0n) is 20.1. The number of anilines is 1. The molecule has 3 aromatic carbocycles. The summed E-state index contributed by atoms with van der Waals surface area (Å²) in [5, 5.41) is 0. The first-order valence-electron chi connectivity index (χ1n) is 10.8. The summed E-state index contributed by atoms with van der Waals surface area (Å²) < 4.78 is 35.8. The molecule has 0 heterocycles. The first kappa shape index (κ1) is 25.4. The molecular formula is C28H28FNO5. The molecule has 2 N–H and O–H groups in total. The highest BCUT2D eigenvalue weighted by atomic mass is 19.1. The van der Waals surface area contributed by atoms with Crippen molar-refractivity contribution in [2.75, 3.05) is 34.2 Å². The van der Waals surface area contributed by atoms with E-state index in [0.29, 0.717) is 40.5 Å². The maximum absolute atomic E-state index is 14.5. The lowest BCUT2D eigenvalue weighted by Gasteiger charge is -2.13. The summed E-state index contributed by atoms with van der Waals surface area (Å²) in [6, 6.07) is 13.3. The molecule has 182 valence electrons. The van der Waals surface area contributed by atoms with Crippen molar-refractivity contribution in [2.24, 2.45) is 0 Å². The third-order valence-corrected chi connectivity index (χ3v) is 5.36. The van der Waals surface area contributed by atoms with Crippen LogP contribution >= 0.6 is 0 Å². The van der Waals surface area contributed by atoms with E-state index in [1.165, 1.54) is 26.4 Å². The van der Waals surface area contributed by atoms with E-state index >= 15 is 0 Å². The average Bonchev–Trinajstić information content (AvgIpc) is 2.87. The fourth-order valence-corrected chi connectivity index (χ4v) is 3.52. The molecule has 0 bridgehead atoms. The Morgan fingerprint density at radius 1 is 0.857 bits per heavy atom. The molecule has 0 spiro atoms. The number of ether oxygens (including phenoxy) is 4. The normalized spacial score (nSPS) is 11.1. The fourth-order valence-electron chi connectivity index (χ4n) is 3.52. The van der Waals surface area contributed by atoms with Gasteiger partial charge in [-0.1, -0.05) is 18.2 Å². The van der Waals surface area contributed by atoms with Crippen LogP contribution in [0.4, 0.5) is 10.1 Å². The van der Waals surface area contributed by atoms with Crippen LogP contribution in [0.1, 0.15) is 27.0 Å². The quantitative estimate of drug-likeness (QED) is 0.177. The molecule has 0 unspecified atom stereocenters. The molecule has 0 amide bonds. The zero-order chi connectivity index (χ0) is 25.4. The van der Waals surface area contributed by atoms with Crippen molar-refractivity contribution in [3.63, 3.8) is 0 Å². The molecule has 0 atom stereocenters. The SMILES string of the molecule is COc1cc(C/C=C\C(=O)c2ccc(N)cc2)c(/C=C\c2cc(OC)c(OC)c(OC)c2)cc1F. The molecule has 0 aromatic heterocycles. The van der Waals surface area contributed by atoms with Crippen molar-refractivity contribution in [1.82, 2.24) is 0 Å². The van der Waals surface area contributed by atoms with Crippen molar-refractivity contribution in [3.05, 3.63) is 88.8 Å². The van der Waals surface area contributed by atoms with Crippen molar-refractivity contribution >= 4 is 23.6 Å². The third-order valence-electron chi connectivity index (χ3n) is 5.36. The molecule has 0 fully saturated rings. The van der Waals surface area contributed by atoms with Gasteiger partial charge in [-0.2, -0.15) is 0 Å². The van der Waals surface area contributed by atoms with Gasteiger partial charge in [0.05, 0.1) is 28.4 Å². The molecule has 3 aromatic rings. The van der Waals surface area contributed by atoms with Crippen molar-refractivity contribution in [3.8, 4) is 23.0 Å². The van der Waals surface area contributed by atoms with E-state index in [2.05, 4.69) is 0 Å². The molecule has 0 aliphatic rings. The van der Waals surface area contributed by atoms with Gasteiger partial charge in [-0.25, -0.2) is 4.39 Å². The first-order chi connectivity index (χ1) is 16.9. The summed E-state index contributed by atoms with van der Waals surface area (Å²) >= 11 is 0. The molecule has 0 saturated heterocycles. The van der Waals surface area contributed by atoms with Gasteiger partial charge in [-0.05, 0) is 77.7 Å². The largest absolute Gasteiger partial charge is 0.494 e. The van der Waals surface area contributed by atoms with Crippen LogP contribution in [-0.4, -0.2) is 34.2 Å². The van der Waals surface area contributed by atoms with Gasteiger partial charge in [-0.15, -0.1) is 0 Å². The van der Waals surface area contributed by atoms with Crippen LogP contribution in [0.25, 0.3) is 12.2 Å². The number of ketones is 1. The minimum Gasteiger partial charge on any atom is -0.494 e. The Hall–Kier alpha value is -4.26. The van der Waals surface area contributed by atoms with E-state index in [1.54, 1.807) is 68.8 Å². The number of nitrogen functional groups attached to an aromatic ring is 1. The minimum absolute atomic E-state index is 0.128.